The van der Waals surface area contributed by atoms with Crippen LogP contribution in [0.4, 0.5) is 21.0 Å². The minimum atomic E-state index is -1.36. The lowest BCUT2D eigenvalue weighted by Crippen LogP contribution is -2.51. The molecule has 3 aromatic carbocycles. The van der Waals surface area contributed by atoms with Crippen molar-refractivity contribution >= 4 is 46.7 Å². The normalized spacial score (nSPS) is 19.3. The van der Waals surface area contributed by atoms with E-state index in [9.17, 15) is 14.4 Å². The number of urea groups is 1. The predicted molar refractivity (Wildman–Crippen MR) is 153 cm³/mol. The number of anilines is 2. The fourth-order valence-corrected chi connectivity index (χ4v) is 5.64. The van der Waals surface area contributed by atoms with Gasteiger partial charge in [0.2, 0.25) is 0 Å². The molecule has 0 aliphatic carbocycles. The molecule has 1 fully saturated rings. The Kier molecular flexibility index (Phi) is 6.89. The highest BCUT2D eigenvalue weighted by Crippen LogP contribution is 2.31. The topological polar surface area (TPSA) is 94.5 Å². The summed E-state index contributed by atoms with van der Waals surface area (Å²) in [4.78, 5) is 48.9. The average Bonchev–Trinajstić information content (AvgIpc) is 3.07. The van der Waals surface area contributed by atoms with Crippen LogP contribution in [0.3, 0.4) is 0 Å². The number of piperidine rings is 1. The third kappa shape index (κ3) is 4.88. The van der Waals surface area contributed by atoms with E-state index in [0.29, 0.717) is 54.5 Å². The minimum absolute atomic E-state index is 0.00926. The molecule has 0 saturated carbocycles. The summed E-state index contributed by atoms with van der Waals surface area (Å²) < 4.78 is 5.74. The molecule has 40 heavy (non-hydrogen) atoms. The largest absolute Gasteiger partial charge is 0.414 e. The van der Waals surface area contributed by atoms with Gasteiger partial charge in [0, 0.05) is 54.6 Å². The van der Waals surface area contributed by atoms with E-state index in [1.54, 1.807) is 30.1 Å². The lowest BCUT2D eigenvalue weighted by molar-refractivity contribution is -0.126. The maximum atomic E-state index is 13.4. The summed E-state index contributed by atoms with van der Waals surface area (Å²) in [6.45, 7) is 1.33. The Hall–Kier alpha value is -4.37. The molecule has 1 atom stereocenters. The van der Waals surface area contributed by atoms with Gasteiger partial charge in [-0.25, -0.2) is 14.6 Å². The first-order valence-corrected chi connectivity index (χ1v) is 13.6. The summed E-state index contributed by atoms with van der Waals surface area (Å²) in [6.07, 6.45) is -0.767. The molecule has 1 unspecified atom stereocenters. The number of hydrogen-bond acceptors (Lipinski definition) is 5. The Morgan fingerprint density at radius 3 is 2.50 bits per heavy atom. The number of nitrogens with zero attached hydrogens (tertiary/aromatic N) is 4. The lowest BCUT2D eigenvalue weighted by Gasteiger charge is -2.40. The Morgan fingerprint density at radius 2 is 1.73 bits per heavy atom. The van der Waals surface area contributed by atoms with Crippen molar-refractivity contribution in [2.24, 2.45) is 4.99 Å². The first-order chi connectivity index (χ1) is 19.4. The van der Waals surface area contributed by atoms with Crippen molar-refractivity contribution in [1.82, 2.24) is 9.80 Å². The van der Waals surface area contributed by atoms with Gasteiger partial charge in [0.25, 0.3) is 12.1 Å². The molecule has 9 nitrogen and oxygen atoms in total. The average molecular weight is 558 g/mol. The van der Waals surface area contributed by atoms with Crippen LogP contribution in [0, 0.1) is 0 Å². The quantitative estimate of drug-likeness (QED) is 0.483. The highest BCUT2D eigenvalue weighted by atomic mass is 35.5. The van der Waals surface area contributed by atoms with Gasteiger partial charge in [-0.05, 0) is 42.7 Å². The van der Waals surface area contributed by atoms with Crippen LogP contribution in [0.25, 0.3) is 0 Å². The van der Waals surface area contributed by atoms with Gasteiger partial charge in [-0.15, -0.1) is 0 Å². The van der Waals surface area contributed by atoms with Gasteiger partial charge in [0.15, 0.2) is 0 Å². The summed E-state index contributed by atoms with van der Waals surface area (Å²) in [5, 5.41) is 3.46. The number of likely N-dealkylation sites (N-methyl/N-ethyl adjacent to an activating group) is 1. The Balaban J connectivity index is 1.18. The van der Waals surface area contributed by atoms with E-state index in [-0.39, 0.29) is 12.1 Å². The molecule has 204 valence electrons. The number of nitrogens with one attached hydrogen (secondary N) is 1. The summed E-state index contributed by atoms with van der Waals surface area (Å²) in [7, 11) is 1.63. The molecule has 0 aromatic heterocycles. The smallest absolute Gasteiger partial charge is 0.412 e. The van der Waals surface area contributed by atoms with Gasteiger partial charge in [0.1, 0.15) is 0 Å². The first kappa shape index (κ1) is 25.9. The van der Waals surface area contributed by atoms with E-state index in [1.807, 2.05) is 59.5 Å². The number of benzene rings is 3. The number of carbonyl (C=O) groups is 3. The predicted octanol–water partition coefficient (Wildman–Crippen LogP) is 5.13. The Bertz CT molecular complexity index is 1500. The summed E-state index contributed by atoms with van der Waals surface area (Å²) >= 11 is 6.31. The first-order valence-electron chi connectivity index (χ1n) is 13.2. The summed E-state index contributed by atoms with van der Waals surface area (Å²) in [6, 6.07) is 22.3. The molecule has 1 saturated heterocycles. The molecule has 3 heterocycles. The third-order valence-corrected chi connectivity index (χ3v) is 7.88. The number of hydrogen-bond donors (Lipinski definition) is 1. The highest BCUT2D eigenvalue weighted by molar-refractivity contribution is 6.32. The molecule has 3 aliphatic rings. The number of aliphatic imine (C=N–C) groups is 1. The molecule has 3 aliphatic heterocycles. The van der Waals surface area contributed by atoms with E-state index in [4.69, 9.17) is 16.3 Å². The van der Waals surface area contributed by atoms with E-state index in [1.165, 1.54) is 4.90 Å². The van der Waals surface area contributed by atoms with Crippen LogP contribution in [0.1, 0.15) is 29.5 Å². The van der Waals surface area contributed by atoms with Crippen LogP contribution in [-0.2, 0) is 16.1 Å². The Labute approximate surface area is 237 Å². The van der Waals surface area contributed by atoms with Crippen LogP contribution >= 0.6 is 11.6 Å². The molecule has 0 radical (unpaired) electrons. The van der Waals surface area contributed by atoms with Crippen molar-refractivity contribution < 1.29 is 19.1 Å². The monoisotopic (exact) mass is 557 g/mol. The molecule has 6 rings (SSSR count). The number of likely N-dealkylation sites (tertiary alicyclic amines) is 1. The number of fused-ring (bicyclic) bond motifs is 2. The number of para-hydroxylation sites is 1. The molecular weight excluding hydrogens is 530 g/mol. The van der Waals surface area contributed by atoms with Gasteiger partial charge in [-0.1, -0.05) is 60.1 Å². The number of benzodiazepines with no additional fused rings is 1. The third-order valence-electron chi connectivity index (χ3n) is 7.65. The maximum Gasteiger partial charge on any atom is 0.412 e. The summed E-state index contributed by atoms with van der Waals surface area (Å²) in [5.74, 6) is -0.457. The fourth-order valence-electron chi connectivity index (χ4n) is 5.47. The van der Waals surface area contributed by atoms with E-state index in [2.05, 4.69) is 10.3 Å². The molecule has 0 spiro atoms. The van der Waals surface area contributed by atoms with Crippen LogP contribution in [-0.4, -0.2) is 65.9 Å². The van der Waals surface area contributed by atoms with Crippen molar-refractivity contribution in [2.45, 2.75) is 31.7 Å². The number of carbonyl (C=O) groups excluding carboxylic acids is 3. The molecule has 0 bridgehead atoms. The molecule has 10 heteroatoms. The zero-order chi connectivity index (χ0) is 27.8. The van der Waals surface area contributed by atoms with Gasteiger partial charge in [0.05, 0.1) is 11.4 Å². The van der Waals surface area contributed by atoms with Crippen LogP contribution in [0.15, 0.2) is 77.8 Å². The van der Waals surface area contributed by atoms with Crippen molar-refractivity contribution in [1.29, 1.82) is 0 Å². The van der Waals surface area contributed by atoms with Crippen LogP contribution in [0.5, 0.6) is 0 Å². The number of amides is 4. The molecule has 3 aromatic rings. The van der Waals surface area contributed by atoms with Crippen LogP contribution < -0.4 is 10.2 Å². The zero-order valence-electron chi connectivity index (χ0n) is 21.9. The second-order valence-corrected chi connectivity index (χ2v) is 10.5. The second kappa shape index (κ2) is 10.7. The van der Waals surface area contributed by atoms with Gasteiger partial charge >= 0.3 is 12.1 Å². The number of halogens is 1. The molecular formula is C30H28ClN5O4. The van der Waals surface area contributed by atoms with Crippen molar-refractivity contribution in [3.8, 4) is 0 Å². The summed E-state index contributed by atoms with van der Waals surface area (Å²) in [5.41, 5.74) is 4.49. The van der Waals surface area contributed by atoms with Gasteiger partial charge < -0.3 is 24.8 Å². The van der Waals surface area contributed by atoms with Crippen molar-refractivity contribution in [3.63, 3.8) is 0 Å². The molecule has 4 amide bonds. The fraction of sp³-hybridized carbons (Fsp3) is 0.267. The highest BCUT2D eigenvalue weighted by Gasteiger charge is 2.36. The van der Waals surface area contributed by atoms with Crippen molar-refractivity contribution in [3.05, 3.63) is 94.5 Å². The lowest BCUT2D eigenvalue weighted by atomic mass is 10.0. The second-order valence-electron chi connectivity index (χ2n) is 10.1. The van der Waals surface area contributed by atoms with Gasteiger partial charge in [-0.3, -0.25) is 4.79 Å². The van der Waals surface area contributed by atoms with Crippen LogP contribution in [0.2, 0.25) is 5.02 Å². The minimum Gasteiger partial charge on any atom is -0.414 e. The van der Waals surface area contributed by atoms with E-state index in [0.717, 1.165) is 16.8 Å². The van der Waals surface area contributed by atoms with Crippen molar-refractivity contribution in [2.75, 3.05) is 30.4 Å². The van der Waals surface area contributed by atoms with E-state index >= 15 is 0 Å². The standard InChI is InChI=1S/C30H28ClN5O4/c1-34-25-12-11-21(31)17-23(25)26(19-7-3-2-4-8-19)33-27(28(34)37)40-30(39)35-15-13-22(14-16-35)36-18-20-9-5-6-10-24(20)32-29(36)38/h2-12,17,22,27H,13-16,18H2,1H3,(H,32,38). The van der Waals surface area contributed by atoms with Gasteiger partial charge in [-0.2, -0.15) is 0 Å². The number of rotatable bonds is 3. The SMILES string of the molecule is CN1C(=O)C(OC(=O)N2CCC(N3Cc4ccccc4NC3=O)CC2)N=C(c2ccccc2)c2cc(Cl)ccc21. The van der Waals surface area contributed by atoms with E-state index < -0.39 is 18.2 Å². The maximum absolute atomic E-state index is 13.4. The zero-order valence-corrected chi connectivity index (χ0v) is 22.7. The number of ether oxygens (including phenoxy) is 1. The molecule has 1 N–H and O–H groups in total. The Morgan fingerprint density at radius 1 is 1.00 bits per heavy atom.